The summed E-state index contributed by atoms with van der Waals surface area (Å²) in [5.41, 5.74) is 2.49. The second kappa shape index (κ2) is 5.43. The average molecular weight is 246 g/mol. The van der Waals surface area contributed by atoms with Crippen LogP contribution >= 0.6 is 11.3 Å². The van der Waals surface area contributed by atoms with Crippen molar-refractivity contribution in [3.63, 3.8) is 0 Å². The van der Waals surface area contributed by atoms with E-state index in [1.54, 1.807) is 0 Å². The van der Waals surface area contributed by atoms with Gasteiger partial charge in [0.25, 0.3) is 0 Å². The molecule has 1 atom stereocenters. The van der Waals surface area contributed by atoms with Crippen LogP contribution in [0.2, 0.25) is 0 Å². The van der Waals surface area contributed by atoms with Crippen molar-refractivity contribution in [3.05, 3.63) is 51.5 Å². The van der Waals surface area contributed by atoms with E-state index in [2.05, 4.69) is 43.2 Å². The summed E-state index contributed by atoms with van der Waals surface area (Å²) >= 11 is 1.86. The molecule has 0 spiro atoms. The summed E-state index contributed by atoms with van der Waals surface area (Å²) in [6.45, 7) is 7.40. The fourth-order valence-corrected chi connectivity index (χ4v) is 2.81. The van der Waals surface area contributed by atoms with Crippen LogP contribution in [0.3, 0.4) is 0 Å². The number of aryl methyl sites for hydroxylation is 2. The molecule has 0 aromatic carbocycles. The molecule has 2 nitrogen and oxygen atoms in total. The van der Waals surface area contributed by atoms with Crippen LogP contribution < -0.4 is 5.32 Å². The third-order valence-corrected chi connectivity index (χ3v) is 3.88. The predicted molar refractivity (Wildman–Crippen MR) is 73.3 cm³/mol. The van der Waals surface area contributed by atoms with Gasteiger partial charge < -0.3 is 5.32 Å². The number of pyridine rings is 1. The zero-order chi connectivity index (χ0) is 12.3. The highest BCUT2D eigenvalue weighted by molar-refractivity contribution is 7.12. The van der Waals surface area contributed by atoms with Crippen molar-refractivity contribution in [1.82, 2.24) is 10.3 Å². The van der Waals surface area contributed by atoms with E-state index in [0.29, 0.717) is 0 Å². The van der Waals surface area contributed by atoms with Gasteiger partial charge in [-0.3, -0.25) is 4.98 Å². The lowest BCUT2D eigenvalue weighted by atomic mass is 10.2. The normalized spacial score (nSPS) is 12.6. The molecule has 2 heterocycles. The molecular weight excluding hydrogens is 228 g/mol. The van der Waals surface area contributed by atoms with E-state index < -0.39 is 0 Å². The smallest absolute Gasteiger partial charge is 0.0570 e. The van der Waals surface area contributed by atoms with Crippen LogP contribution in [0.5, 0.6) is 0 Å². The Morgan fingerprint density at radius 2 is 2.18 bits per heavy atom. The van der Waals surface area contributed by atoms with Crippen molar-refractivity contribution < 1.29 is 0 Å². The predicted octanol–water partition coefficient (Wildman–Crippen LogP) is 3.61. The molecule has 2 aromatic rings. The van der Waals surface area contributed by atoms with Gasteiger partial charge >= 0.3 is 0 Å². The quantitative estimate of drug-likeness (QED) is 0.891. The van der Waals surface area contributed by atoms with Gasteiger partial charge in [-0.1, -0.05) is 6.07 Å². The second-order valence-electron chi connectivity index (χ2n) is 4.30. The molecule has 3 heteroatoms. The minimum atomic E-state index is 0.288. The second-order valence-corrected chi connectivity index (χ2v) is 5.76. The van der Waals surface area contributed by atoms with Gasteiger partial charge in [0.05, 0.1) is 5.69 Å². The summed E-state index contributed by atoms with van der Waals surface area (Å²) in [6.07, 6.45) is 1.84. The van der Waals surface area contributed by atoms with E-state index in [4.69, 9.17) is 0 Å². The Morgan fingerprint density at radius 1 is 1.35 bits per heavy atom. The molecule has 0 bridgehead atoms. The number of hydrogen-bond donors (Lipinski definition) is 1. The molecule has 1 unspecified atom stereocenters. The number of nitrogens with zero attached hydrogens (tertiary/aromatic N) is 1. The molecule has 0 saturated heterocycles. The van der Waals surface area contributed by atoms with Crippen LogP contribution in [0.1, 0.15) is 34.0 Å². The van der Waals surface area contributed by atoms with Crippen LogP contribution in [0.4, 0.5) is 0 Å². The Labute approximate surface area is 107 Å². The molecule has 0 aliphatic carbocycles. The third kappa shape index (κ3) is 3.14. The highest BCUT2D eigenvalue weighted by atomic mass is 32.1. The van der Waals surface area contributed by atoms with Crippen LogP contribution in [-0.2, 0) is 6.54 Å². The van der Waals surface area contributed by atoms with Crippen LogP contribution in [0.15, 0.2) is 30.5 Å². The first-order valence-corrected chi connectivity index (χ1v) is 6.68. The summed E-state index contributed by atoms with van der Waals surface area (Å²) in [6, 6.07) is 8.58. The van der Waals surface area contributed by atoms with Crippen molar-refractivity contribution in [2.75, 3.05) is 0 Å². The first-order chi connectivity index (χ1) is 8.16. The summed E-state index contributed by atoms with van der Waals surface area (Å²) in [4.78, 5) is 7.14. The third-order valence-electron chi connectivity index (χ3n) is 2.87. The maximum absolute atomic E-state index is 4.36. The molecule has 0 fully saturated rings. The number of aromatic nitrogens is 1. The van der Waals surface area contributed by atoms with E-state index in [1.165, 1.54) is 15.3 Å². The SMILES string of the molecule is Cc1cc(CNC(C)c2ccccn2)c(C)s1. The Morgan fingerprint density at radius 3 is 2.76 bits per heavy atom. The molecule has 1 N–H and O–H groups in total. The molecular formula is C14H18N2S. The fraction of sp³-hybridized carbons (Fsp3) is 0.357. The van der Waals surface area contributed by atoms with Crippen LogP contribution in [0.25, 0.3) is 0 Å². The van der Waals surface area contributed by atoms with Crippen LogP contribution in [0, 0.1) is 13.8 Å². The minimum Gasteiger partial charge on any atom is -0.305 e. The molecule has 0 radical (unpaired) electrons. The number of rotatable bonds is 4. The maximum atomic E-state index is 4.36. The first-order valence-electron chi connectivity index (χ1n) is 5.87. The summed E-state index contributed by atoms with van der Waals surface area (Å²) < 4.78 is 0. The molecule has 2 rings (SSSR count). The minimum absolute atomic E-state index is 0.288. The number of thiophene rings is 1. The topological polar surface area (TPSA) is 24.9 Å². The molecule has 90 valence electrons. The Balaban J connectivity index is 1.97. The maximum Gasteiger partial charge on any atom is 0.0570 e. The monoisotopic (exact) mass is 246 g/mol. The van der Waals surface area contributed by atoms with Gasteiger partial charge in [0, 0.05) is 28.5 Å². The lowest BCUT2D eigenvalue weighted by Gasteiger charge is -2.12. The van der Waals surface area contributed by atoms with E-state index in [1.807, 2.05) is 29.7 Å². The molecule has 2 aromatic heterocycles. The Bertz CT molecular complexity index is 476. The number of hydrogen-bond acceptors (Lipinski definition) is 3. The largest absolute Gasteiger partial charge is 0.305 e. The van der Waals surface area contributed by atoms with E-state index in [9.17, 15) is 0 Å². The molecule has 0 saturated carbocycles. The summed E-state index contributed by atoms with van der Waals surface area (Å²) in [5, 5.41) is 3.51. The molecule has 0 aliphatic rings. The molecule has 0 aliphatic heterocycles. The highest BCUT2D eigenvalue weighted by Gasteiger charge is 2.07. The van der Waals surface area contributed by atoms with Crippen molar-refractivity contribution in [1.29, 1.82) is 0 Å². The number of nitrogens with one attached hydrogen (secondary N) is 1. The van der Waals surface area contributed by atoms with Gasteiger partial charge in [-0.25, -0.2) is 0 Å². The van der Waals surface area contributed by atoms with Gasteiger partial charge in [0.15, 0.2) is 0 Å². The average Bonchev–Trinajstić information content (AvgIpc) is 2.66. The van der Waals surface area contributed by atoms with Crippen molar-refractivity contribution in [2.45, 2.75) is 33.4 Å². The standard InChI is InChI=1S/C14H18N2S/c1-10-8-13(12(3)17-10)9-16-11(2)14-6-4-5-7-15-14/h4-8,11,16H,9H2,1-3H3. The Hall–Kier alpha value is -1.19. The summed E-state index contributed by atoms with van der Waals surface area (Å²) in [5.74, 6) is 0. The highest BCUT2D eigenvalue weighted by Crippen LogP contribution is 2.21. The lowest BCUT2D eigenvalue weighted by Crippen LogP contribution is -2.19. The fourth-order valence-electron chi connectivity index (χ4n) is 1.86. The van der Waals surface area contributed by atoms with Gasteiger partial charge in [-0.05, 0) is 44.5 Å². The van der Waals surface area contributed by atoms with Crippen molar-refractivity contribution in [2.24, 2.45) is 0 Å². The van der Waals surface area contributed by atoms with E-state index >= 15 is 0 Å². The molecule has 17 heavy (non-hydrogen) atoms. The lowest BCUT2D eigenvalue weighted by molar-refractivity contribution is 0.561. The van der Waals surface area contributed by atoms with Crippen molar-refractivity contribution >= 4 is 11.3 Å². The zero-order valence-corrected chi connectivity index (χ0v) is 11.3. The zero-order valence-electron chi connectivity index (χ0n) is 10.5. The van der Waals surface area contributed by atoms with Gasteiger partial charge in [-0.15, -0.1) is 11.3 Å². The van der Waals surface area contributed by atoms with Gasteiger partial charge in [0.2, 0.25) is 0 Å². The van der Waals surface area contributed by atoms with Gasteiger partial charge in [0.1, 0.15) is 0 Å². The van der Waals surface area contributed by atoms with E-state index in [-0.39, 0.29) is 6.04 Å². The Kier molecular flexibility index (Phi) is 3.92. The van der Waals surface area contributed by atoms with E-state index in [0.717, 1.165) is 12.2 Å². The van der Waals surface area contributed by atoms with Crippen LogP contribution in [-0.4, -0.2) is 4.98 Å². The summed E-state index contributed by atoms with van der Waals surface area (Å²) in [7, 11) is 0. The molecule has 0 amide bonds. The first kappa shape index (κ1) is 12.3. The van der Waals surface area contributed by atoms with Gasteiger partial charge in [-0.2, -0.15) is 0 Å². The van der Waals surface area contributed by atoms with Crippen molar-refractivity contribution in [3.8, 4) is 0 Å².